The average Bonchev–Trinajstić information content (AvgIpc) is 2.40. The summed E-state index contributed by atoms with van der Waals surface area (Å²) in [5.41, 5.74) is 0. The second-order valence-corrected chi connectivity index (χ2v) is 6.86. The second kappa shape index (κ2) is 16.4. The fraction of sp³-hybridized carbons (Fsp3) is 1.00. The molecule has 116 valence electrons. The third-order valence-corrected chi connectivity index (χ3v) is 4.55. The summed E-state index contributed by atoms with van der Waals surface area (Å²) in [6, 6.07) is 0. The van der Waals surface area contributed by atoms with E-state index in [9.17, 15) is 0 Å². The quantitative estimate of drug-likeness (QED) is 0.399. The number of hydrogen-bond acceptors (Lipinski definition) is 2. The molecule has 0 rings (SSSR count). The van der Waals surface area contributed by atoms with E-state index in [0.717, 1.165) is 5.92 Å². The normalized spacial score (nSPS) is 12.8. The van der Waals surface area contributed by atoms with E-state index in [2.05, 4.69) is 25.4 Å². The molecule has 0 heterocycles. The molecular formula is C17H37NS. The smallest absolute Gasteiger partial charge is 0.00153 e. The van der Waals surface area contributed by atoms with Gasteiger partial charge in [-0.15, -0.1) is 0 Å². The first-order chi connectivity index (χ1) is 9.31. The van der Waals surface area contributed by atoms with Gasteiger partial charge < -0.3 is 5.32 Å². The van der Waals surface area contributed by atoms with Crippen molar-refractivity contribution in [1.82, 2.24) is 5.32 Å². The minimum atomic E-state index is 0.818. The summed E-state index contributed by atoms with van der Waals surface area (Å²) < 4.78 is 0. The number of rotatable bonds is 15. The summed E-state index contributed by atoms with van der Waals surface area (Å²) in [6.45, 7) is 7.03. The van der Waals surface area contributed by atoms with Crippen LogP contribution in [0, 0.1) is 5.92 Å². The van der Waals surface area contributed by atoms with Gasteiger partial charge in [0.05, 0.1) is 0 Å². The van der Waals surface area contributed by atoms with Crippen LogP contribution in [0.5, 0.6) is 0 Å². The van der Waals surface area contributed by atoms with E-state index >= 15 is 0 Å². The summed E-state index contributed by atoms with van der Waals surface area (Å²) >= 11 is 1.95. The van der Waals surface area contributed by atoms with Crippen molar-refractivity contribution in [2.45, 2.75) is 78.1 Å². The second-order valence-electron chi connectivity index (χ2n) is 5.95. The number of nitrogens with one attached hydrogen (secondary N) is 1. The zero-order chi connectivity index (χ0) is 14.2. The lowest BCUT2D eigenvalue weighted by molar-refractivity contribution is 0.519. The van der Waals surface area contributed by atoms with Crippen LogP contribution in [0.15, 0.2) is 0 Å². The van der Waals surface area contributed by atoms with Crippen molar-refractivity contribution in [2.24, 2.45) is 5.92 Å². The summed E-state index contributed by atoms with van der Waals surface area (Å²) in [4.78, 5) is 0. The van der Waals surface area contributed by atoms with Gasteiger partial charge >= 0.3 is 0 Å². The topological polar surface area (TPSA) is 12.0 Å². The van der Waals surface area contributed by atoms with Gasteiger partial charge in [0.15, 0.2) is 0 Å². The Morgan fingerprint density at radius 2 is 1.37 bits per heavy atom. The van der Waals surface area contributed by atoms with Gasteiger partial charge in [-0.3, -0.25) is 0 Å². The molecule has 0 saturated heterocycles. The molecule has 0 bridgehead atoms. The number of unbranched alkanes of at least 4 members (excludes halogenated alkanes) is 9. The molecule has 1 atom stereocenters. The van der Waals surface area contributed by atoms with E-state index in [0.29, 0.717) is 0 Å². The minimum absolute atomic E-state index is 0.818. The van der Waals surface area contributed by atoms with Crippen LogP contribution in [0.2, 0.25) is 0 Å². The zero-order valence-electron chi connectivity index (χ0n) is 13.7. The summed E-state index contributed by atoms with van der Waals surface area (Å²) in [7, 11) is 0. The standard InChI is InChI=1S/C17H37NS/c1-4-5-6-7-8-9-10-11-12-13-14-18-15-17(2)16-19-3/h17-18H,4-16H2,1-3H3. The first kappa shape index (κ1) is 19.3. The number of hydrogen-bond donors (Lipinski definition) is 1. The predicted octanol–water partition coefficient (Wildman–Crippen LogP) is 5.50. The minimum Gasteiger partial charge on any atom is -0.316 e. The van der Waals surface area contributed by atoms with Crippen LogP contribution in [0.1, 0.15) is 78.1 Å². The van der Waals surface area contributed by atoms with E-state index in [-0.39, 0.29) is 0 Å². The Labute approximate surface area is 126 Å². The van der Waals surface area contributed by atoms with Crippen molar-refractivity contribution in [1.29, 1.82) is 0 Å². The molecule has 19 heavy (non-hydrogen) atoms. The largest absolute Gasteiger partial charge is 0.316 e. The summed E-state index contributed by atoms with van der Waals surface area (Å²) in [6.07, 6.45) is 16.5. The highest BCUT2D eigenvalue weighted by Crippen LogP contribution is 2.10. The Morgan fingerprint density at radius 3 is 1.89 bits per heavy atom. The first-order valence-electron chi connectivity index (χ1n) is 8.50. The van der Waals surface area contributed by atoms with Crippen molar-refractivity contribution in [3.8, 4) is 0 Å². The molecule has 0 fully saturated rings. The van der Waals surface area contributed by atoms with Crippen molar-refractivity contribution < 1.29 is 0 Å². The van der Waals surface area contributed by atoms with Gasteiger partial charge in [-0.05, 0) is 37.4 Å². The van der Waals surface area contributed by atoms with Crippen LogP contribution in [-0.2, 0) is 0 Å². The molecule has 0 saturated carbocycles. The Balaban J connectivity index is 2.99. The van der Waals surface area contributed by atoms with Gasteiger partial charge in [0, 0.05) is 0 Å². The Kier molecular flexibility index (Phi) is 16.6. The van der Waals surface area contributed by atoms with Gasteiger partial charge in [-0.25, -0.2) is 0 Å². The molecule has 0 aliphatic carbocycles. The third-order valence-electron chi connectivity index (χ3n) is 3.65. The summed E-state index contributed by atoms with van der Waals surface area (Å²) in [5.74, 6) is 2.10. The van der Waals surface area contributed by atoms with E-state index in [1.54, 1.807) is 0 Å². The fourth-order valence-electron chi connectivity index (χ4n) is 2.43. The van der Waals surface area contributed by atoms with Gasteiger partial charge in [0.25, 0.3) is 0 Å². The van der Waals surface area contributed by atoms with E-state index < -0.39 is 0 Å². The number of thioether (sulfide) groups is 1. The molecule has 0 aromatic heterocycles. The summed E-state index contributed by atoms with van der Waals surface area (Å²) in [5, 5.41) is 3.58. The molecule has 0 aromatic carbocycles. The van der Waals surface area contributed by atoms with Crippen LogP contribution >= 0.6 is 11.8 Å². The fourth-order valence-corrected chi connectivity index (χ4v) is 3.12. The highest BCUT2D eigenvalue weighted by Gasteiger charge is 1.99. The van der Waals surface area contributed by atoms with Gasteiger partial charge in [-0.2, -0.15) is 11.8 Å². The maximum atomic E-state index is 3.58. The van der Waals surface area contributed by atoms with Crippen LogP contribution < -0.4 is 5.32 Å². The van der Waals surface area contributed by atoms with E-state index in [1.165, 1.54) is 83.1 Å². The van der Waals surface area contributed by atoms with E-state index in [1.807, 2.05) is 11.8 Å². The molecule has 1 N–H and O–H groups in total. The zero-order valence-corrected chi connectivity index (χ0v) is 14.5. The maximum absolute atomic E-state index is 3.58. The third kappa shape index (κ3) is 16.3. The predicted molar refractivity (Wildman–Crippen MR) is 92.3 cm³/mol. The highest BCUT2D eigenvalue weighted by molar-refractivity contribution is 7.98. The Hall–Kier alpha value is 0.310. The van der Waals surface area contributed by atoms with Gasteiger partial charge in [0.2, 0.25) is 0 Å². The van der Waals surface area contributed by atoms with Gasteiger partial charge in [0.1, 0.15) is 0 Å². The van der Waals surface area contributed by atoms with Crippen molar-refractivity contribution >= 4 is 11.8 Å². The van der Waals surface area contributed by atoms with Crippen LogP contribution in [0.25, 0.3) is 0 Å². The maximum Gasteiger partial charge on any atom is -0.00153 e. The molecule has 1 nitrogen and oxygen atoms in total. The van der Waals surface area contributed by atoms with Crippen LogP contribution in [-0.4, -0.2) is 25.1 Å². The SMILES string of the molecule is CCCCCCCCCCCCNCC(C)CSC. The van der Waals surface area contributed by atoms with Gasteiger partial charge in [-0.1, -0.05) is 71.6 Å². The molecule has 0 aliphatic heterocycles. The lowest BCUT2D eigenvalue weighted by Crippen LogP contribution is -2.23. The monoisotopic (exact) mass is 287 g/mol. The molecule has 0 aromatic rings. The highest BCUT2D eigenvalue weighted by atomic mass is 32.2. The van der Waals surface area contributed by atoms with E-state index in [4.69, 9.17) is 0 Å². The lowest BCUT2D eigenvalue weighted by Gasteiger charge is -2.10. The molecule has 0 aliphatic rings. The van der Waals surface area contributed by atoms with Crippen LogP contribution in [0.4, 0.5) is 0 Å². The molecule has 0 radical (unpaired) electrons. The molecule has 2 heteroatoms. The molecule has 0 spiro atoms. The van der Waals surface area contributed by atoms with Crippen LogP contribution in [0.3, 0.4) is 0 Å². The van der Waals surface area contributed by atoms with Crippen molar-refractivity contribution in [2.75, 3.05) is 25.1 Å². The Bertz CT molecular complexity index is 161. The van der Waals surface area contributed by atoms with Crippen molar-refractivity contribution in [3.05, 3.63) is 0 Å². The lowest BCUT2D eigenvalue weighted by atomic mass is 10.1. The molecule has 0 amide bonds. The Morgan fingerprint density at radius 1 is 0.842 bits per heavy atom. The van der Waals surface area contributed by atoms with Crippen molar-refractivity contribution in [3.63, 3.8) is 0 Å². The average molecular weight is 288 g/mol. The first-order valence-corrected chi connectivity index (χ1v) is 9.90. The molecule has 1 unspecified atom stereocenters. The molecular weight excluding hydrogens is 250 g/mol.